The Balaban J connectivity index is 1.48. The molecule has 2 aliphatic heterocycles. The lowest BCUT2D eigenvalue weighted by atomic mass is 9.87. The van der Waals surface area contributed by atoms with Crippen LogP contribution in [0.4, 0.5) is 0 Å². The summed E-state index contributed by atoms with van der Waals surface area (Å²) in [5, 5.41) is 2.94. The molecule has 0 radical (unpaired) electrons. The van der Waals surface area contributed by atoms with Gasteiger partial charge in [-0.25, -0.2) is 0 Å². The lowest BCUT2D eigenvalue weighted by molar-refractivity contribution is -0.137. The number of nitrogens with two attached hydrogens (primary N) is 1. The fraction of sp³-hybridized carbons (Fsp3) is 0.655. The molecule has 2 aliphatic rings. The van der Waals surface area contributed by atoms with Crippen LogP contribution >= 0.6 is 0 Å². The molecule has 0 aromatic heterocycles. The Bertz CT molecular complexity index is 1000. The summed E-state index contributed by atoms with van der Waals surface area (Å²) in [5.41, 5.74) is 7.98. The summed E-state index contributed by atoms with van der Waals surface area (Å²) >= 11 is 0. The molecule has 5 atom stereocenters. The monoisotopic (exact) mass is 512 g/mol. The fourth-order valence-electron chi connectivity index (χ4n) is 5.25. The first-order valence-corrected chi connectivity index (χ1v) is 13.6. The van der Waals surface area contributed by atoms with Crippen LogP contribution in [0.15, 0.2) is 24.3 Å². The van der Waals surface area contributed by atoms with E-state index in [0.29, 0.717) is 37.9 Å². The highest BCUT2D eigenvalue weighted by Gasteiger charge is 2.52. The Morgan fingerprint density at radius 1 is 1.11 bits per heavy atom. The molecule has 1 aromatic carbocycles. The number of ketones is 1. The summed E-state index contributed by atoms with van der Waals surface area (Å²) < 4.78 is 0. The van der Waals surface area contributed by atoms with Crippen LogP contribution in [-0.4, -0.2) is 71.1 Å². The first-order valence-electron chi connectivity index (χ1n) is 13.6. The van der Waals surface area contributed by atoms with Gasteiger partial charge in [-0.2, -0.15) is 0 Å². The van der Waals surface area contributed by atoms with E-state index in [1.165, 1.54) is 5.56 Å². The van der Waals surface area contributed by atoms with Gasteiger partial charge in [-0.1, -0.05) is 60.1 Å². The van der Waals surface area contributed by atoms with Crippen LogP contribution in [0, 0.1) is 11.8 Å². The Morgan fingerprint density at radius 2 is 1.76 bits per heavy atom. The summed E-state index contributed by atoms with van der Waals surface area (Å²) in [6, 6.07) is 6.17. The summed E-state index contributed by atoms with van der Waals surface area (Å²) in [7, 11) is 0. The van der Waals surface area contributed by atoms with Crippen molar-refractivity contribution in [2.75, 3.05) is 19.6 Å². The maximum absolute atomic E-state index is 13.1. The van der Waals surface area contributed by atoms with Gasteiger partial charge in [-0.15, -0.1) is 0 Å². The number of hydrogen-bond acceptors (Lipinski definition) is 5. The van der Waals surface area contributed by atoms with Gasteiger partial charge in [0.1, 0.15) is 6.04 Å². The topological polar surface area (TPSA) is 113 Å². The number of carbonyl (C=O) groups is 4. The standard InChI is InChI=1S/C29H44N4O4/c1-7-19(3)25(30)28(37)33-17-23(34)26-22(33)13-15-32(26)24(35)16-18(2)12-14-31-27(36)20-8-10-21(11-9-20)29(4,5)6/h8-11,18-19,22,25-26H,7,12-17,30H2,1-6H3,(H,31,36). The smallest absolute Gasteiger partial charge is 0.251 e. The van der Waals surface area contributed by atoms with Gasteiger partial charge in [-0.05, 0) is 47.8 Å². The van der Waals surface area contributed by atoms with E-state index in [1.54, 1.807) is 9.80 Å². The van der Waals surface area contributed by atoms with Crippen LogP contribution in [-0.2, 0) is 19.8 Å². The molecule has 5 unspecified atom stereocenters. The van der Waals surface area contributed by atoms with Gasteiger partial charge in [0.05, 0.1) is 18.6 Å². The van der Waals surface area contributed by atoms with Crippen molar-refractivity contribution in [3.63, 3.8) is 0 Å². The number of nitrogens with zero attached hydrogens (tertiary/aromatic N) is 2. The van der Waals surface area contributed by atoms with Gasteiger partial charge in [0, 0.05) is 25.1 Å². The molecule has 0 aliphatic carbocycles. The van der Waals surface area contributed by atoms with Gasteiger partial charge in [0.25, 0.3) is 5.91 Å². The van der Waals surface area contributed by atoms with Gasteiger partial charge < -0.3 is 20.9 Å². The second kappa shape index (κ2) is 11.8. The highest BCUT2D eigenvalue weighted by atomic mass is 16.2. The highest BCUT2D eigenvalue weighted by molar-refractivity contribution is 5.98. The molecule has 1 aromatic rings. The van der Waals surface area contributed by atoms with Crippen molar-refractivity contribution in [3.8, 4) is 0 Å². The van der Waals surface area contributed by atoms with E-state index in [9.17, 15) is 19.2 Å². The van der Waals surface area contributed by atoms with Crippen molar-refractivity contribution in [2.24, 2.45) is 17.6 Å². The van der Waals surface area contributed by atoms with E-state index >= 15 is 0 Å². The molecule has 2 heterocycles. The van der Waals surface area contributed by atoms with E-state index < -0.39 is 12.1 Å². The Kier molecular flexibility index (Phi) is 9.16. The third kappa shape index (κ3) is 6.58. The van der Waals surface area contributed by atoms with E-state index in [1.807, 2.05) is 45.0 Å². The van der Waals surface area contributed by atoms with Crippen molar-refractivity contribution >= 4 is 23.5 Å². The zero-order valence-electron chi connectivity index (χ0n) is 23.3. The van der Waals surface area contributed by atoms with E-state index in [-0.39, 0.29) is 53.3 Å². The molecule has 8 nitrogen and oxygen atoms in total. The maximum atomic E-state index is 13.1. The molecular weight excluding hydrogens is 468 g/mol. The van der Waals surface area contributed by atoms with E-state index in [4.69, 9.17) is 5.73 Å². The third-order valence-electron chi connectivity index (χ3n) is 8.03. The molecule has 3 N–H and O–H groups in total. The number of carbonyl (C=O) groups excluding carboxylic acids is 4. The normalized spacial score (nSPS) is 22.0. The quantitative estimate of drug-likeness (QED) is 0.528. The number of nitrogens with one attached hydrogen (secondary N) is 1. The fourth-order valence-corrected chi connectivity index (χ4v) is 5.25. The minimum Gasteiger partial charge on any atom is -0.352 e. The Labute approximate surface area is 221 Å². The number of Topliss-reactive ketones (excluding diaryl/α,β-unsaturated/α-hetero) is 1. The molecule has 3 rings (SSSR count). The zero-order valence-corrected chi connectivity index (χ0v) is 23.3. The molecule has 2 saturated heterocycles. The average Bonchev–Trinajstić information content (AvgIpc) is 3.43. The lowest BCUT2D eigenvalue weighted by Crippen LogP contribution is -2.50. The SMILES string of the molecule is CCC(C)C(N)C(=O)N1CC(=O)C2C1CCN2C(=O)CC(C)CCNC(=O)c1ccc(C(C)(C)C)cc1. The third-order valence-corrected chi connectivity index (χ3v) is 8.03. The molecular formula is C29H44N4O4. The molecule has 0 bridgehead atoms. The van der Waals surface area contributed by atoms with Crippen LogP contribution in [0.3, 0.4) is 0 Å². The first kappa shape index (κ1) is 28.8. The molecule has 0 spiro atoms. The van der Waals surface area contributed by atoms with Crippen molar-refractivity contribution in [1.29, 1.82) is 0 Å². The zero-order chi connectivity index (χ0) is 27.5. The number of benzene rings is 1. The van der Waals surface area contributed by atoms with Crippen LogP contribution in [0.5, 0.6) is 0 Å². The summed E-state index contributed by atoms with van der Waals surface area (Å²) in [5.74, 6) is -0.399. The second-order valence-electron chi connectivity index (χ2n) is 11.9. The van der Waals surface area contributed by atoms with Crippen LogP contribution in [0.1, 0.15) is 83.1 Å². The van der Waals surface area contributed by atoms with Crippen LogP contribution in [0.25, 0.3) is 0 Å². The number of amides is 3. The van der Waals surface area contributed by atoms with Crippen molar-refractivity contribution in [3.05, 3.63) is 35.4 Å². The minimum absolute atomic E-state index is 0.0282. The second-order valence-corrected chi connectivity index (χ2v) is 11.9. The minimum atomic E-state index is -0.632. The Morgan fingerprint density at radius 3 is 2.35 bits per heavy atom. The summed E-state index contributed by atoms with van der Waals surface area (Å²) in [6.45, 7) is 13.3. The van der Waals surface area contributed by atoms with E-state index in [0.717, 1.165) is 6.42 Å². The number of likely N-dealkylation sites (tertiary alicyclic amines) is 2. The molecule has 3 amide bonds. The van der Waals surface area contributed by atoms with Gasteiger partial charge in [0.2, 0.25) is 11.8 Å². The average molecular weight is 513 g/mol. The predicted octanol–water partition coefficient (Wildman–Crippen LogP) is 2.88. The van der Waals surface area contributed by atoms with Crippen molar-refractivity contribution in [2.45, 2.75) is 90.8 Å². The first-order chi connectivity index (χ1) is 17.3. The highest BCUT2D eigenvalue weighted by Crippen LogP contribution is 2.31. The van der Waals surface area contributed by atoms with Gasteiger partial charge in [-0.3, -0.25) is 19.2 Å². The van der Waals surface area contributed by atoms with Crippen LogP contribution in [0.2, 0.25) is 0 Å². The lowest BCUT2D eigenvalue weighted by Gasteiger charge is -2.28. The molecule has 2 fully saturated rings. The predicted molar refractivity (Wildman–Crippen MR) is 144 cm³/mol. The molecule has 204 valence electrons. The number of hydrogen-bond donors (Lipinski definition) is 2. The largest absolute Gasteiger partial charge is 0.352 e. The van der Waals surface area contributed by atoms with Crippen LogP contribution < -0.4 is 11.1 Å². The number of rotatable bonds is 9. The van der Waals surface area contributed by atoms with Gasteiger partial charge in [0.15, 0.2) is 5.78 Å². The summed E-state index contributed by atoms with van der Waals surface area (Å²) in [6.07, 6.45) is 2.34. The molecule has 8 heteroatoms. The van der Waals surface area contributed by atoms with E-state index in [2.05, 4.69) is 26.1 Å². The maximum Gasteiger partial charge on any atom is 0.251 e. The number of fused-ring (bicyclic) bond motifs is 1. The Hall–Kier alpha value is -2.74. The summed E-state index contributed by atoms with van der Waals surface area (Å²) in [4.78, 5) is 54.6. The van der Waals surface area contributed by atoms with Crippen molar-refractivity contribution in [1.82, 2.24) is 15.1 Å². The van der Waals surface area contributed by atoms with Gasteiger partial charge >= 0.3 is 0 Å². The molecule has 0 saturated carbocycles. The molecule has 37 heavy (non-hydrogen) atoms. The van der Waals surface area contributed by atoms with Crippen molar-refractivity contribution < 1.29 is 19.2 Å².